The Hall–Kier alpha value is -0.420. The van der Waals surface area contributed by atoms with Crippen LogP contribution in [0, 0.1) is 0 Å². The monoisotopic (exact) mass is 306 g/mol. The molecule has 0 aliphatic heterocycles. The number of hydrogen-bond acceptors (Lipinski definition) is 8. The summed E-state index contributed by atoms with van der Waals surface area (Å²) in [4.78, 5) is 26.6. The maximum atomic E-state index is 10.2. The Kier molecular flexibility index (Phi) is 11.4. The Morgan fingerprint density at radius 2 is 1.58 bits per heavy atom. The van der Waals surface area contributed by atoms with Crippen LogP contribution in [-0.2, 0) is 13.9 Å². The van der Waals surface area contributed by atoms with Crippen LogP contribution in [0.25, 0.3) is 0 Å². The highest BCUT2D eigenvalue weighted by Gasteiger charge is 2.31. The number of carbonyl (C=O) groups excluding carboxylic acids is 1. The molecule has 0 bridgehead atoms. The minimum absolute atomic E-state index is 0.0650. The molecule has 10 nitrogen and oxygen atoms in total. The van der Waals surface area contributed by atoms with Crippen molar-refractivity contribution in [2.45, 2.75) is 31.3 Å². The van der Waals surface area contributed by atoms with Gasteiger partial charge >= 0.3 is 7.82 Å². The van der Waals surface area contributed by atoms with E-state index in [0.717, 1.165) is 0 Å². The molecule has 0 aliphatic rings. The number of carbonyl (C=O) groups is 1. The smallest absolute Gasteiger partial charge is 0.397 e. The van der Waals surface area contributed by atoms with E-state index in [1.165, 1.54) is 0 Å². The molecule has 0 heterocycles. The molecule has 0 saturated carbocycles. The van der Waals surface area contributed by atoms with Crippen LogP contribution in [-0.4, -0.2) is 79.2 Å². The fraction of sp³-hybridized carbons (Fsp3) is 0.875. The predicted octanol–water partition coefficient (Wildman–Crippen LogP) is -3.26. The van der Waals surface area contributed by atoms with E-state index < -0.39 is 38.8 Å². The van der Waals surface area contributed by atoms with E-state index in [1.807, 2.05) is 0 Å². The molecule has 0 spiro atoms. The molecule has 0 aromatic carbocycles. The predicted molar refractivity (Wildman–Crippen MR) is 60.8 cm³/mol. The summed E-state index contributed by atoms with van der Waals surface area (Å²) in [6.07, 6.45) is -7.80. The first kappa shape index (κ1) is 20.9. The molecule has 0 fully saturated rings. The van der Waals surface area contributed by atoms with Crippen molar-refractivity contribution in [1.82, 2.24) is 0 Å². The number of aliphatic hydroxyl groups excluding tert-OH is 5. The Morgan fingerprint density at radius 1 is 1.16 bits per heavy atom. The van der Waals surface area contributed by atoms with Gasteiger partial charge in [-0.05, 0) is 6.92 Å². The van der Waals surface area contributed by atoms with Gasteiger partial charge in [-0.2, -0.15) is 0 Å². The average molecular weight is 306 g/mol. The third-order valence-electron chi connectivity index (χ3n) is 1.65. The van der Waals surface area contributed by atoms with Gasteiger partial charge in [0.2, 0.25) is 0 Å². The van der Waals surface area contributed by atoms with Gasteiger partial charge in [-0.1, -0.05) is 0 Å². The van der Waals surface area contributed by atoms with Crippen molar-refractivity contribution in [3.8, 4) is 0 Å². The molecule has 7 N–H and O–H groups in total. The fourth-order valence-electron chi connectivity index (χ4n) is 0.782. The molecule has 4 atom stereocenters. The first-order valence-electron chi connectivity index (χ1n) is 5.09. The zero-order valence-corrected chi connectivity index (χ0v) is 11.0. The molecular formula is C8H19O10P. The Bertz CT molecular complexity index is 279. The third kappa shape index (κ3) is 11.1. The molecule has 0 saturated heterocycles. The van der Waals surface area contributed by atoms with Crippen LogP contribution in [0.2, 0.25) is 0 Å². The van der Waals surface area contributed by atoms with Gasteiger partial charge in [-0.3, -0.25) is 4.52 Å². The summed E-state index contributed by atoms with van der Waals surface area (Å²) >= 11 is 0. The molecule has 0 unspecified atom stereocenters. The lowest BCUT2D eigenvalue weighted by Gasteiger charge is -2.23. The van der Waals surface area contributed by atoms with E-state index in [-0.39, 0.29) is 12.9 Å². The zero-order chi connectivity index (χ0) is 15.6. The molecule has 0 rings (SSSR count). The van der Waals surface area contributed by atoms with E-state index in [1.54, 1.807) is 6.92 Å². The highest BCUT2D eigenvalue weighted by Crippen LogP contribution is 2.35. The van der Waals surface area contributed by atoms with Crippen molar-refractivity contribution in [3.63, 3.8) is 0 Å². The Balaban J connectivity index is 0. The van der Waals surface area contributed by atoms with Crippen LogP contribution in [0.1, 0.15) is 6.92 Å². The van der Waals surface area contributed by atoms with Crippen LogP contribution < -0.4 is 0 Å². The summed E-state index contributed by atoms with van der Waals surface area (Å²) in [5.41, 5.74) is 0. The summed E-state index contributed by atoms with van der Waals surface area (Å²) in [5.74, 6) is 0. The van der Waals surface area contributed by atoms with E-state index in [2.05, 4.69) is 4.52 Å². The lowest BCUT2D eigenvalue weighted by molar-refractivity contribution is -0.136. The SMILES string of the molecule is CCO.O=C[C@H](O)[C@@H](O)[C@H](O)[C@H](O)COP(=O)(O)O. The summed E-state index contributed by atoms with van der Waals surface area (Å²) < 4.78 is 14.1. The summed E-state index contributed by atoms with van der Waals surface area (Å²) in [7, 11) is -4.80. The highest BCUT2D eigenvalue weighted by atomic mass is 31.2. The van der Waals surface area contributed by atoms with Crippen LogP contribution in [0.3, 0.4) is 0 Å². The van der Waals surface area contributed by atoms with Crippen LogP contribution in [0.5, 0.6) is 0 Å². The second-order valence-corrected chi connectivity index (χ2v) is 4.52. The standard InChI is InChI=1S/C6H13O9P.C2H6O/c7-1-3(8)5(10)6(11)4(9)2-15-16(12,13)14;1-2-3/h1,3-6,8-11H,2H2,(H2,12,13,14);3H,2H2,1H3/t3-,4+,5+,6+;/m0./s1. The van der Waals surface area contributed by atoms with Crippen LogP contribution in [0.15, 0.2) is 0 Å². The van der Waals surface area contributed by atoms with E-state index in [4.69, 9.17) is 35.3 Å². The normalized spacial score (nSPS) is 17.7. The second-order valence-electron chi connectivity index (χ2n) is 3.28. The molecule has 0 aromatic heterocycles. The molecule has 0 amide bonds. The van der Waals surface area contributed by atoms with E-state index in [9.17, 15) is 9.36 Å². The van der Waals surface area contributed by atoms with Gasteiger partial charge in [0.15, 0.2) is 6.29 Å². The molecule has 116 valence electrons. The topological polar surface area (TPSA) is 185 Å². The van der Waals surface area contributed by atoms with Gasteiger partial charge in [-0.25, -0.2) is 4.57 Å². The third-order valence-corrected chi connectivity index (χ3v) is 2.13. The van der Waals surface area contributed by atoms with Gasteiger partial charge in [-0.15, -0.1) is 0 Å². The summed E-state index contributed by atoms with van der Waals surface area (Å²) in [6.45, 7) is 0.966. The number of phosphoric acid groups is 1. The second kappa shape index (κ2) is 10.4. The maximum absolute atomic E-state index is 10.2. The Labute approximate surface area is 109 Å². The van der Waals surface area contributed by atoms with Crippen molar-refractivity contribution in [1.29, 1.82) is 0 Å². The number of rotatable bonds is 7. The van der Waals surface area contributed by atoms with Crippen molar-refractivity contribution in [3.05, 3.63) is 0 Å². The fourth-order valence-corrected chi connectivity index (χ4v) is 1.13. The molecule has 11 heteroatoms. The van der Waals surface area contributed by atoms with Gasteiger partial charge in [0.05, 0.1) is 6.61 Å². The van der Waals surface area contributed by atoms with Crippen molar-refractivity contribution in [2.24, 2.45) is 0 Å². The van der Waals surface area contributed by atoms with Gasteiger partial charge in [0.1, 0.15) is 24.4 Å². The van der Waals surface area contributed by atoms with Gasteiger partial charge in [0.25, 0.3) is 0 Å². The van der Waals surface area contributed by atoms with E-state index in [0.29, 0.717) is 0 Å². The number of aliphatic hydroxyl groups is 5. The number of phosphoric ester groups is 1. The molecule has 0 aromatic rings. The lowest BCUT2D eigenvalue weighted by Crippen LogP contribution is -2.46. The number of hydrogen-bond donors (Lipinski definition) is 7. The molecular weight excluding hydrogens is 287 g/mol. The summed E-state index contributed by atoms with van der Waals surface area (Å²) in [5, 5.41) is 43.6. The number of aldehydes is 1. The zero-order valence-electron chi connectivity index (χ0n) is 10.1. The first-order valence-corrected chi connectivity index (χ1v) is 6.62. The van der Waals surface area contributed by atoms with Crippen molar-refractivity contribution < 1.29 is 49.2 Å². The Morgan fingerprint density at radius 3 is 1.89 bits per heavy atom. The maximum Gasteiger partial charge on any atom is 0.469 e. The van der Waals surface area contributed by atoms with Crippen LogP contribution in [0.4, 0.5) is 0 Å². The first-order chi connectivity index (χ1) is 8.60. The highest BCUT2D eigenvalue weighted by molar-refractivity contribution is 7.46. The van der Waals surface area contributed by atoms with Crippen molar-refractivity contribution >= 4 is 14.1 Å². The minimum Gasteiger partial charge on any atom is -0.397 e. The quantitative estimate of drug-likeness (QED) is 0.186. The molecule has 0 radical (unpaired) electrons. The van der Waals surface area contributed by atoms with Gasteiger partial charge < -0.3 is 40.1 Å². The van der Waals surface area contributed by atoms with Gasteiger partial charge in [0, 0.05) is 6.61 Å². The average Bonchev–Trinajstić information content (AvgIpc) is 2.33. The lowest BCUT2D eigenvalue weighted by atomic mass is 10.0. The molecule has 19 heavy (non-hydrogen) atoms. The van der Waals surface area contributed by atoms with E-state index >= 15 is 0 Å². The van der Waals surface area contributed by atoms with Crippen LogP contribution >= 0.6 is 7.82 Å². The minimum atomic E-state index is -4.80. The summed E-state index contributed by atoms with van der Waals surface area (Å²) in [6, 6.07) is 0. The van der Waals surface area contributed by atoms with Crippen molar-refractivity contribution in [2.75, 3.05) is 13.2 Å². The molecule has 0 aliphatic carbocycles. The largest absolute Gasteiger partial charge is 0.469 e.